The van der Waals surface area contributed by atoms with Crippen LogP contribution in [-0.2, 0) is 17.9 Å². The molecule has 0 aliphatic heterocycles. The van der Waals surface area contributed by atoms with E-state index in [-0.39, 0.29) is 6.61 Å². The van der Waals surface area contributed by atoms with Crippen molar-refractivity contribution in [3.8, 4) is 5.75 Å². The van der Waals surface area contributed by atoms with Crippen molar-refractivity contribution in [2.75, 3.05) is 12.4 Å². The molecule has 0 unspecified atom stereocenters. The molecule has 0 fully saturated rings. The number of anilines is 1. The highest BCUT2D eigenvalue weighted by Gasteiger charge is 2.04. The zero-order valence-corrected chi connectivity index (χ0v) is 11.8. The monoisotopic (exact) mass is 286 g/mol. The number of ether oxygens (including phenoxy) is 2. The molecule has 0 bridgehead atoms. The number of benzene rings is 2. The average Bonchev–Trinajstić information content (AvgIpc) is 2.54. The van der Waals surface area contributed by atoms with E-state index in [9.17, 15) is 4.79 Å². The quantitative estimate of drug-likeness (QED) is 0.886. The van der Waals surface area contributed by atoms with Gasteiger partial charge in [0.15, 0.2) is 0 Å². The lowest BCUT2D eigenvalue weighted by molar-refractivity contribution is 0.155. The molecule has 0 radical (unpaired) electrons. The SMILES string of the molecule is COc1cccc(COC(=O)Nc2ccc(CN)cc2)c1. The fraction of sp³-hybridized carbons (Fsp3) is 0.188. The van der Waals surface area contributed by atoms with E-state index >= 15 is 0 Å². The maximum atomic E-state index is 11.7. The third kappa shape index (κ3) is 4.50. The Bertz CT molecular complexity index is 597. The third-order valence-corrected chi connectivity index (χ3v) is 2.94. The first-order valence-corrected chi connectivity index (χ1v) is 6.57. The molecule has 0 atom stereocenters. The summed E-state index contributed by atoms with van der Waals surface area (Å²) in [6.45, 7) is 0.657. The van der Waals surface area contributed by atoms with Crippen LogP contribution in [0.2, 0.25) is 0 Å². The fourth-order valence-corrected chi connectivity index (χ4v) is 1.79. The average molecular weight is 286 g/mol. The van der Waals surface area contributed by atoms with E-state index in [0.717, 1.165) is 16.9 Å². The highest BCUT2D eigenvalue weighted by atomic mass is 16.5. The minimum Gasteiger partial charge on any atom is -0.497 e. The number of nitrogens with one attached hydrogen (secondary N) is 1. The van der Waals surface area contributed by atoms with Gasteiger partial charge in [-0.05, 0) is 35.4 Å². The van der Waals surface area contributed by atoms with E-state index in [1.807, 2.05) is 36.4 Å². The highest BCUT2D eigenvalue weighted by molar-refractivity contribution is 5.84. The fourth-order valence-electron chi connectivity index (χ4n) is 1.79. The molecule has 0 saturated heterocycles. The molecule has 0 spiro atoms. The molecule has 2 aromatic carbocycles. The van der Waals surface area contributed by atoms with Crippen LogP contribution in [0.15, 0.2) is 48.5 Å². The Morgan fingerprint density at radius 3 is 2.57 bits per heavy atom. The van der Waals surface area contributed by atoms with E-state index in [1.165, 1.54) is 0 Å². The number of amides is 1. The van der Waals surface area contributed by atoms with E-state index < -0.39 is 6.09 Å². The van der Waals surface area contributed by atoms with Crippen molar-refractivity contribution in [2.45, 2.75) is 13.2 Å². The minimum atomic E-state index is -0.502. The number of nitrogens with two attached hydrogens (primary N) is 1. The molecule has 0 aromatic heterocycles. The second-order valence-electron chi connectivity index (χ2n) is 4.45. The van der Waals surface area contributed by atoms with Crippen molar-refractivity contribution in [2.24, 2.45) is 5.73 Å². The molecule has 110 valence electrons. The molecule has 5 heteroatoms. The summed E-state index contributed by atoms with van der Waals surface area (Å²) < 4.78 is 10.3. The van der Waals surface area contributed by atoms with Gasteiger partial charge in [-0.15, -0.1) is 0 Å². The Hall–Kier alpha value is -2.53. The predicted octanol–water partition coefficient (Wildman–Crippen LogP) is 2.90. The Labute approximate surface area is 123 Å². The normalized spacial score (nSPS) is 10.0. The van der Waals surface area contributed by atoms with Crippen LogP contribution in [0.5, 0.6) is 5.75 Å². The summed E-state index contributed by atoms with van der Waals surface area (Å²) >= 11 is 0. The zero-order chi connectivity index (χ0) is 15.1. The van der Waals surface area contributed by atoms with Gasteiger partial charge in [-0.2, -0.15) is 0 Å². The van der Waals surface area contributed by atoms with E-state index in [1.54, 1.807) is 19.2 Å². The topological polar surface area (TPSA) is 73.6 Å². The van der Waals surface area contributed by atoms with Crippen molar-refractivity contribution in [1.29, 1.82) is 0 Å². The summed E-state index contributed by atoms with van der Waals surface area (Å²) in [5.41, 5.74) is 8.05. The van der Waals surface area contributed by atoms with E-state index in [4.69, 9.17) is 15.2 Å². The predicted molar refractivity (Wildman–Crippen MR) is 81.1 cm³/mol. The Morgan fingerprint density at radius 1 is 1.14 bits per heavy atom. The largest absolute Gasteiger partial charge is 0.497 e. The third-order valence-electron chi connectivity index (χ3n) is 2.94. The number of hydrogen-bond acceptors (Lipinski definition) is 4. The Morgan fingerprint density at radius 2 is 1.90 bits per heavy atom. The first-order chi connectivity index (χ1) is 10.2. The van der Waals surface area contributed by atoms with Crippen LogP contribution in [0.3, 0.4) is 0 Å². The van der Waals surface area contributed by atoms with Gasteiger partial charge < -0.3 is 15.2 Å². The lowest BCUT2D eigenvalue weighted by Crippen LogP contribution is -2.13. The standard InChI is InChI=1S/C16H18N2O3/c1-20-15-4-2-3-13(9-15)11-21-16(19)18-14-7-5-12(10-17)6-8-14/h2-9H,10-11,17H2,1H3,(H,18,19). The second-order valence-corrected chi connectivity index (χ2v) is 4.45. The zero-order valence-electron chi connectivity index (χ0n) is 11.8. The summed E-state index contributed by atoms with van der Waals surface area (Å²) in [7, 11) is 1.59. The van der Waals surface area contributed by atoms with Gasteiger partial charge in [0.25, 0.3) is 0 Å². The van der Waals surface area contributed by atoms with Gasteiger partial charge in [-0.25, -0.2) is 4.79 Å². The van der Waals surface area contributed by atoms with Crippen molar-refractivity contribution < 1.29 is 14.3 Å². The number of rotatable bonds is 5. The molecular weight excluding hydrogens is 268 g/mol. The smallest absolute Gasteiger partial charge is 0.411 e. The van der Waals surface area contributed by atoms with Gasteiger partial charge in [-0.1, -0.05) is 24.3 Å². The first kappa shape index (κ1) is 14.9. The molecular formula is C16H18N2O3. The van der Waals surface area contributed by atoms with Crippen LogP contribution >= 0.6 is 0 Å². The molecule has 0 aliphatic carbocycles. The van der Waals surface area contributed by atoms with Crippen molar-refractivity contribution in [1.82, 2.24) is 0 Å². The van der Waals surface area contributed by atoms with Crippen LogP contribution in [-0.4, -0.2) is 13.2 Å². The van der Waals surface area contributed by atoms with Crippen LogP contribution in [0.4, 0.5) is 10.5 Å². The lowest BCUT2D eigenvalue weighted by Gasteiger charge is -2.08. The number of carbonyl (C=O) groups is 1. The summed E-state index contributed by atoms with van der Waals surface area (Å²) in [6.07, 6.45) is -0.502. The van der Waals surface area contributed by atoms with E-state index in [2.05, 4.69) is 5.32 Å². The second kappa shape index (κ2) is 7.31. The Kier molecular flexibility index (Phi) is 5.17. The van der Waals surface area contributed by atoms with Crippen LogP contribution in [0.25, 0.3) is 0 Å². The highest BCUT2D eigenvalue weighted by Crippen LogP contribution is 2.14. The van der Waals surface area contributed by atoms with Crippen LogP contribution < -0.4 is 15.8 Å². The van der Waals surface area contributed by atoms with Gasteiger partial charge in [-0.3, -0.25) is 5.32 Å². The summed E-state index contributed by atoms with van der Waals surface area (Å²) in [5, 5.41) is 2.66. The van der Waals surface area contributed by atoms with Gasteiger partial charge in [0.1, 0.15) is 12.4 Å². The molecule has 2 aromatic rings. The molecule has 3 N–H and O–H groups in total. The summed E-state index contributed by atoms with van der Waals surface area (Å²) in [6, 6.07) is 14.7. The summed E-state index contributed by atoms with van der Waals surface area (Å²) in [4.78, 5) is 11.7. The minimum absolute atomic E-state index is 0.184. The molecule has 2 rings (SSSR count). The van der Waals surface area contributed by atoms with Crippen LogP contribution in [0, 0.1) is 0 Å². The van der Waals surface area contributed by atoms with Crippen LogP contribution in [0.1, 0.15) is 11.1 Å². The molecule has 0 saturated carbocycles. The first-order valence-electron chi connectivity index (χ1n) is 6.57. The maximum absolute atomic E-state index is 11.7. The van der Waals surface area contributed by atoms with Crippen molar-refractivity contribution >= 4 is 11.8 Å². The number of hydrogen-bond donors (Lipinski definition) is 2. The van der Waals surface area contributed by atoms with Crippen molar-refractivity contribution in [3.63, 3.8) is 0 Å². The molecule has 5 nitrogen and oxygen atoms in total. The maximum Gasteiger partial charge on any atom is 0.411 e. The van der Waals surface area contributed by atoms with Gasteiger partial charge in [0, 0.05) is 12.2 Å². The van der Waals surface area contributed by atoms with E-state index in [0.29, 0.717) is 12.2 Å². The van der Waals surface area contributed by atoms with Gasteiger partial charge >= 0.3 is 6.09 Å². The molecule has 0 heterocycles. The Balaban J connectivity index is 1.86. The molecule has 1 amide bonds. The molecule has 0 aliphatic rings. The number of methoxy groups -OCH3 is 1. The molecule has 21 heavy (non-hydrogen) atoms. The summed E-state index contributed by atoms with van der Waals surface area (Å²) in [5.74, 6) is 0.730. The van der Waals surface area contributed by atoms with Gasteiger partial charge in [0.05, 0.1) is 7.11 Å². The lowest BCUT2D eigenvalue weighted by atomic mass is 10.2. The van der Waals surface area contributed by atoms with Gasteiger partial charge in [0.2, 0.25) is 0 Å². The van der Waals surface area contributed by atoms with Crippen molar-refractivity contribution in [3.05, 3.63) is 59.7 Å². The number of carbonyl (C=O) groups excluding carboxylic acids is 1.